The Kier molecular flexibility index (Phi) is 6.36. The molecular formula is C16H17BrClNO2. The lowest BCUT2D eigenvalue weighted by molar-refractivity contribution is 0.217. The summed E-state index contributed by atoms with van der Waals surface area (Å²) in [7, 11) is 0. The van der Waals surface area contributed by atoms with Crippen LogP contribution in [0.5, 0.6) is 11.5 Å². The van der Waals surface area contributed by atoms with Crippen molar-refractivity contribution in [3.8, 4) is 11.5 Å². The van der Waals surface area contributed by atoms with Crippen LogP contribution in [0, 0.1) is 0 Å². The molecule has 3 nitrogen and oxygen atoms in total. The Bertz CT molecular complexity index is 575. The average molecular weight is 371 g/mol. The van der Waals surface area contributed by atoms with Crippen LogP contribution < -0.4 is 15.2 Å². The molecule has 0 aliphatic carbocycles. The van der Waals surface area contributed by atoms with E-state index in [1.165, 1.54) is 0 Å². The number of hydrogen-bond acceptors (Lipinski definition) is 3. The van der Waals surface area contributed by atoms with Crippen molar-refractivity contribution in [3.05, 3.63) is 57.5 Å². The zero-order valence-electron chi connectivity index (χ0n) is 11.5. The van der Waals surface area contributed by atoms with E-state index in [0.717, 1.165) is 22.2 Å². The minimum atomic E-state index is 0.437. The van der Waals surface area contributed by atoms with Gasteiger partial charge in [-0.1, -0.05) is 33.6 Å². The Hall–Kier alpha value is -1.23. The fourth-order valence-electron chi connectivity index (χ4n) is 1.83. The molecule has 0 fully saturated rings. The number of ether oxygens (including phenoxy) is 2. The lowest BCUT2D eigenvalue weighted by atomic mass is 10.1. The average Bonchev–Trinajstić information content (AvgIpc) is 2.47. The van der Waals surface area contributed by atoms with Gasteiger partial charge in [0.25, 0.3) is 0 Å². The number of rotatable bonds is 7. The van der Waals surface area contributed by atoms with Crippen LogP contribution in [0.1, 0.15) is 5.56 Å². The molecule has 2 aromatic carbocycles. The lowest BCUT2D eigenvalue weighted by Crippen LogP contribution is -2.09. The minimum absolute atomic E-state index is 0.437. The van der Waals surface area contributed by atoms with Gasteiger partial charge in [-0.25, -0.2) is 0 Å². The second-order valence-electron chi connectivity index (χ2n) is 4.45. The highest BCUT2D eigenvalue weighted by molar-refractivity contribution is 9.10. The zero-order chi connectivity index (χ0) is 15.1. The SMILES string of the molecule is NCCc1ccc(OCCOc2ccc(Br)cc2)c(Cl)c1. The van der Waals surface area contributed by atoms with Crippen LogP contribution in [0.4, 0.5) is 0 Å². The minimum Gasteiger partial charge on any atom is -0.490 e. The standard InChI is InChI=1S/C16H17BrClNO2/c17-13-2-4-14(5-3-13)20-9-10-21-16-6-1-12(7-8-19)11-15(16)18/h1-6,11H,7-10,19H2. The summed E-state index contributed by atoms with van der Waals surface area (Å²) in [4.78, 5) is 0. The van der Waals surface area contributed by atoms with Crippen LogP contribution in [-0.4, -0.2) is 19.8 Å². The van der Waals surface area contributed by atoms with Crippen LogP contribution >= 0.6 is 27.5 Å². The summed E-state index contributed by atoms with van der Waals surface area (Å²) in [6.45, 7) is 1.51. The van der Waals surface area contributed by atoms with Crippen molar-refractivity contribution >= 4 is 27.5 Å². The third-order valence-electron chi connectivity index (χ3n) is 2.85. The normalized spacial score (nSPS) is 10.4. The van der Waals surface area contributed by atoms with Crippen LogP contribution in [0.3, 0.4) is 0 Å². The second-order valence-corrected chi connectivity index (χ2v) is 5.78. The van der Waals surface area contributed by atoms with E-state index in [1.54, 1.807) is 0 Å². The van der Waals surface area contributed by atoms with Crippen molar-refractivity contribution < 1.29 is 9.47 Å². The first-order valence-corrected chi connectivity index (χ1v) is 7.86. The fourth-order valence-corrected chi connectivity index (χ4v) is 2.35. The molecule has 5 heteroatoms. The first-order chi connectivity index (χ1) is 10.2. The summed E-state index contributed by atoms with van der Waals surface area (Å²) >= 11 is 9.55. The van der Waals surface area contributed by atoms with Gasteiger partial charge in [0, 0.05) is 4.47 Å². The quantitative estimate of drug-likeness (QED) is 0.748. The molecule has 0 bridgehead atoms. The molecule has 0 atom stereocenters. The molecule has 0 heterocycles. The molecule has 0 saturated heterocycles. The van der Waals surface area contributed by atoms with E-state index in [9.17, 15) is 0 Å². The Morgan fingerprint density at radius 1 is 1.00 bits per heavy atom. The zero-order valence-corrected chi connectivity index (χ0v) is 13.9. The van der Waals surface area contributed by atoms with Gasteiger partial charge >= 0.3 is 0 Å². The van der Waals surface area contributed by atoms with Crippen molar-refractivity contribution in [2.45, 2.75) is 6.42 Å². The highest BCUT2D eigenvalue weighted by Gasteiger charge is 2.03. The highest BCUT2D eigenvalue weighted by atomic mass is 79.9. The largest absolute Gasteiger partial charge is 0.490 e. The van der Waals surface area contributed by atoms with Crippen LogP contribution in [0.25, 0.3) is 0 Å². The molecule has 0 aliphatic rings. The summed E-state index contributed by atoms with van der Waals surface area (Å²) in [5.41, 5.74) is 6.63. The molecule has 0 radical (unpaired) electrons. The smallest absolute Gasteiger partial charge is 0.138 e. The maximum atomic E-state index is 6.17. The van der Waals surface area contributed by atoms with Crippen molar-refractivity contribution in [2.24, 2.45) is 5.73 Å². The van der Waals surface area contributed by atoms with Gasteiger partial charge in [-0.05, 0) is 54.9 Å². The van der Waals surface area contributed by atoms with E-state index in [0.29, 0.717) is 30.5 Å². The summed E-state index contributed by atoms with van der Waals surface area (Å²) in [5, 5.41) is 0.601. The molecule has 2 rings (SSSR count). The van der Waals surface area contributed by atoms with E-state index in [-0.39, 0.29) is 0 Å². The lowest BCUT2D eigenvalue weighted by Gasteiger charge is -2.10. The summed E-state index contributed by atoms with van der Waals surface area (Å²) in [6, 6.07) is 13.4. The van der Waals surface area contributed by atoms with E-state index in [1.807, 2.05) is 42.5 Å². The van der Waals surface area contributed by atoms with Gasteiger partial charge in [0.1, 0.15) is 24.7 Å². The molecule has 0 spiro atoms. The molecule has 2 aromatic rings. The Morgan fingerprint density at radius 3 is 2.38 bits per heavy atom. The van der Waals surface area contributed by atoms with Gasteiger partial charge in [-0.2, -0.15) is 0 Å². The fraction of sp³-hybridized carbons (Fsp3) is 0.250. The summed E-state index contributed by atoms with van der Waals surface area (Å²) in [6.07, 6.45) is 0.812. The highest BCUT2D eigenvalue weighted by Crippen LogP contribution is 2.25. The molecule has 0 aliphatic heterocycles. The van der Waals surface area contributed by atoms with Gasteiger partial charge in [0.15, 0.2) is 0 Å². The molecule has 0 saturated carbocycles. The predicted molar refractivity (Wildman–Crippen MR) is 89.3 cm³/mol. The van der Waals surface area contributed by atoms with Crippen LogP contribution in [0.15, 0.2) is 46.9 Å². The first kappa shape index (κ1) is 16.1. The Balaban J connectivity index is 1.79. The van der Waals surface area contributed by atoms with Gasteiger partial charge in [0.05, 0.1) is 5.02 Å². The van der Waals surface area contributed by atoms with E-state index >= 15 is 0 Å². The van der Waals surface area contributed by atoms with Crippen molar-refractivity contribution in [3.63, 3.8) is 0 Å². The molecule has 112 valence electrons. The molecule has 2 N–H and O–H groups in total. The summed E-state index contributed by atoms with van der Waals surface area (Å²) < 4.78 is 12.2. The van der Waals surface area contributed by atoms with Crippen LogP contribution in [0.2, 0.25) is 5.02 Å². The summed E-state index contributed by atoms with van der Waals surface area (Å²) in [5.74, 6) is 1.48. The Labute approximate surface area is 138 Å². The van der Waals surface area contributed by atoms with Crippen molar-refractivity contribution in [1.82, 2.24) is 0 Å². The maximum absolute atomic E-state index is 6.17. The maximum Gasteiger partial charge on any atom is 0.138 e. The number of benzene rings is 2. The number of halogens is 2. The topological polar surface area (TPSA) is 44.5 Å². The van der Waals surface area contributed by atoms with Crippen molar-refractivity contribution in [2.75, 3.05) is 19.8 Å². The van der Waals surface area contributed by atoms with Gasteiger partial charge in [-0.3, -0.25) is 0 Å². The third-order valence-corrected chi connectivity index (χ3v) is 3.68. The van der Waals surface area contributed by atoms with Crippen LogP contribution in [-0.2, 0) is 6.42 Å². The third kappa shape index (κ3) is 5.23. The van der Waals surface area contributed by atoms with Gasteiger partial charge in [0.2, 0.25) is 0 Å². The van der Waals surface area contributed by atoms with Gasteiger partial charge in [-0.15, -0.1) is 0 Å². The number of nitrogens with two attached hydrogens (primary N) is 1. The van der Waals surface area contributed by atoms with E-state index in [4.69, 9.17) is 26.8 Å². The van der Waals surface area contributed by atoms with E-state index in [2.05, 4.69) is 15.9 Å². The molecule has 0 unspecified atom stereocenters. The Morgan fingerprint density at radius 2 is 1.71 bits per heavy atom. The molecule has 21 heavy (non-hydrogen) atoms. The van der Waals surface area contributed by atoms with Crippen molar-refractivity contribution in [1.29, 1.82) is 0 Å². The van der Waals surface area contributed by atoms with E-state index < -0.39 is 0 Å². The molecule has 0 amide bonds. The molecular weight excluding hydrogens is 354 g/mol. The monoisotopic (exact) mass is 369 g/mol. The first-order valence-electron chi connectivity index (χ1n) is 6.68. The molecule has 0 aromatic heterocycles. The second kappa shape index (κ2) is 8.27. The number of hydrogen-bond donors (Lipinski definition) is 1. The van der Waals surface area contributed by atoms with Gasteiger partial charge < -0.3 is 15.2 Å². The predicted octanol–water partition coefficient (Wildman–Crippen LogP) is 4.06.